The topological polar surface area (TPSA) is 70.4 Å². The second-order valence-electron chi connectivity index (χ2n) is 4.10. The van der Waals surface area contributed by atoms with E-state index < -0.39 is 0 Å². The van der Waals surface area contributed by atoms with Gasteiger partial charge in [-0.3, -0.25) is 14.3 Å². The van der Waals surface area contributed by atoms with Crippen LogP contribution < -0.4 is 5.43 Å². The second kappa shape index (κ2) is 4.03. The van der Waals surface area contributed by atoms with Gasteiger partial charge in [0, 0.05) is 24.8 Å². The molecule has 0 aliphatic carbocycles. The molecule has 2 N–H and O–H groups in total. The smallest absolute Gasteiger partial charge is 0.183 e. The van der Waals surface area contributed by atoms with Crippen molar-refractivity contribution >= 4 is 5.65 Å². The highest BCUT2D eigenvalue weighted by molar-refractivity contribution is 5.38. The van der Waals surface area contributed by atoms with Crippen molar-refractivity contribution in [3.63, 3.8) is 0 Å². The molecule has 0 fully saturated rings. The maximum absolute atomic E-state index is 11.2. The van der Waals surface area contributed by atoms with Gasteiger partial charge < -0.3 is 5.11 Å². The number of nitrogens with zero attached hydrogens (tertiary/aromatic N) is 2. The zero-order valence-electron chi connectivity index (χ0n) is 9.50. The van der Waals surface area contributed by atoms with Crippen molar-refractivity contribution in [2.24, 2.45) is 0 Å². The maximum Gasteiger partial charge on any atom is 0.183 e. The van der Waals surface area contributed by atoms with Crippen molar-refractivity contribution in [3.8, 4) is 5.75 Å². The molecule has 0 amide bonds. The molecule has 0 saturated heterocycles. The van der Waals surface area contributed by atoms with E-state index in [-0.39, 0.29) is 11.2 Å². The third kappa shape index (κ3) is 1.86. The lowest BCUT2D eigenvalue weighted by Crippen LogP contribution is -2.01. The highest BCUT2D eigenvalue weighted by Gasteiger charge is 2.05. The van der Waals surface area contributed by atoms with Crippen LogP contribution >= 0.6 is 0 Å². The number of aromatic nitrogens is 3. The van der Waals surface area contributed by atoms with Crippen LogP contribution in [0.3, 0.4) is 0 Å². The van der Waals surface area contributed by atoms with Crippen LogP contribution in [0, 0.1) is 0 Å². The van der Waals surface area contributed by atoms with Gasteiger partial charge in [0.15, 0.2) is 5.43 Å². The van der Waals surface area contributed by atoms with Crippen LogP contribution in [0.15, 0.2) is 47.4 Å². The number of phenols is 1. The number of pyridine rings is 1. The largest absolute Gasteiger partial charge is 0.508 e. The molecular weight excluding hydrogens is 230 g/mol. The molecule has 0 bridgehead atoms. The van der Waals surface area contributed by atoms with E-state index in [0.29, 0.717) is 12.1 Å². The molecule has 2 heterocycles. The van der Waals surface area contributed by atoms with Gasteiger partial charge in [-0.15, -0.1) is 0 Å². The van der Waals surface area contributed by atoms with Crippen molar-refractivity contribution < 1.29 is 5.11 Å². The molecule has 0 saturated carbocycles. The fourth-order valence-electron chi connectivity index (χ4n) is 1.94. The molecule has 0 spiro atoms. The van der Waals surface area contributed by atoms with E-state index in [9.17, 15) is 9.90 Å². The van der Waals surface area contributed by atoms with Gasteiger partial charge in [-0.25, -0.2) is 0 Å². The summed E-state index contributed by atoms with van der Waals surface area (Å²) in [5, 5.41) is 16.4. The summed E-state index contributed by atoms with van der Waals surface area (Å²) in [5.74, 6) is 1.02. The summed E-state index contributed by atoms with van der Waals surface area (Å²) in [6.45, 7) is 0. The predicted octanol–water partition coefficient (Wildman–Crippen LogP) is 1.32. The number of hydrogen-bond acceptors (Lipinski definition) is 3. The lowest BCUT2D eigenvalue weighted by Gasteiger charge is -2.01. The minimum Gasteiger partial charge on any atom is -0.508 e. The molecular formula is C13H11N3O2. The van der Waals surface area contributed by atoms with Crippen LogP contribution in [0.5, 0.6) is 5.75 Å². The summed E-state index contributed by atoms with van der Waals surface area (Å²) in [6, 6.07) is 10.0. The van der Waals surface area contributed by atoms with Crippen molar-refractivity contribution in [3.05, 3.63) is 64.2 Å². The van der Waals surface area contributed by atoms with Crippen molar-refractivity contribution in [1.29, 1.82) is 0 Å². The van der Waals surface area contributed by atoms with Crippen LogP contribution in [0.4, 0.5) is 0 Å². The lowest BCUT2D eigenvalue weighted by molar-refractivity contribution is 0.474. The number of benzene rings is 1. The first-order valence-electron chi connectivity index (χ1n) is 5.56. The van der Waals surface area contributed by atoms with Gasteiger partial charge in [0.2, 0.25) is 0 Å². The fraction of sp³-hybridized carbons (Fsp3) is 0.0769. The van der Waals surface area contributed by atoms with Crippen LogP contribution in [-0.2, 0) is 6.42 Å². The molecule has 3 rings (SSSR count). The predicted molar refractivity (Wildman–Crippen MR) is 66.7 cm³/mol. The highest BCUT2D eigenvalue weighted by atomic mass is 16.3. The Bertz CT molecular complexity index is 758. The van der Waals surface area contributed by atoms with Crippen LogP contribution in [-0.4, -0.2) is 19.7 Å². The molecule has 0 aliphatic heterocycles. The lowest BCUT2D eigenvalue weighted by atomic mass is 10.1. The minimum atomic E-state index is -0.0532. The number of rotatable bonds is 2. The third-order valence-corrected chi connectivity index (χ3v) is 2.78. The quantitative estimate of drug-likeness (QED) is 0.710. The second-order valence-corrected chi connectivity index (χ2v) is 4.10. The van der Waals surface area contributed by atoms with E-state index in [1.54, 1.807) is 24.4 Å². The summed E-state index contributed by atoms with van der Waals surface area (Å²) < 4.78 is 1.82. The summed E-state index contributed by atoms with van der Waals surface area (Å²) >= 11 is 0. The number of nitrogens with one attached hydrogen (secondary N) is 1. The maximum atomic E-state index is 11.2. The average Bonchev–Trinajstić information content (AvgIpc) is 2.72. The normalized spacial score (nSPS) is 10.9. The van der Waals surface area contributed by atoms with Crippen molar-refractivity contribution in [1.82, 2.24) is 14.6 Å². The molecule has 90 valence electrons. The summed E-state index contributed by atoms with van der Waals surface area (Å²) in [4.78, 5) is 11.2. The van der Waals surface area contributed by atoms with Crippen LogP contribution in [0.2, 0.25) is 0 Å². The van der Waals surface area contributed by atoms with E-state index in [4.69, 9.17) is 0 Å². The third-order valence-electron chi connectivity index (χ3n) is 2.78. The monoisotopic (exact) mass is 241 g/mol. The zero-order valence-corrected chi connectivity index (χ0v) is 9.50. The van der Waals surface area contributed by atoms with Crippen molar-refractivity contribution in [2.45, 2.75) is 6.42 Å². The Hall–Kier alpha value is -2.56. The SMILES string of the molecule is O=c1ccn2c(Cc3cccc(O)c3)n[nH]c2c1. The molecule has 3 aromatic rings. The first-order chi connectivity index (χ1) is 8.72. The molecule has 5 heteroatoms. The Balaban J connectivity index is 2.03. The number of phenolic OH excluding ortho intramolecular Hbond substituents is 1. The molecule has 0 atom stereocenters. The average molecular weight is 241 g/mol. The first-order valence-corrected chi connectivity index (χ1v) is 5.56. The Labute approximate surface area is 102 Å². The number of fused-ring (bicyclic) bond motifs is 1. The Morgan fingerprint density at radius 1 is 1.28 bits per heavy atom. The molecule has 0 aliphatic rings. The van der Waals surface area contributed by atoms with Gasteiger partial charge in [-0.05, 0) is 17.7 Å². The molecule has 0 unspecified atom stereocenters. The van der Waals surface area contributed by atoms with Gasteiger partial charge in [0.1, 0.15) is 17.2 Å². The number of aromatic amines is 1. The summed E-state index contributed by atoms with van der Waals surface area (Å²) in [5.41, 5.74) is 1.57. The number of aromatic hydroxyl groups is 1. The molecule has 18 heavy (non-hydrogen) atoms. The molecule has 0 radical (unpaired) electrons. The van der Waals surface area contributed by atoms with E-state index >= 15 is 0 Å². The van der Waals surface area contributed by atoms with Gasteiger partial charge >= 0.3 is 0 Å². The van der Waals surface area contributed by atoms with Gasteiger partial charge in [0.25, 0.3) is 0 Å². The van der Waals surface area contributed by atoms with E-state index in [1.807, 2.05) is 10.5 Å². The zero-order chi connectivity index (χ0) is 12.5. The Kier molecular flexibility index (Phi) is 2.37. The van der Waals surface area contributed by atoms with Crippen molar-refractivity contribution in [2.75, 3.05) is 0 Å². The Morgan fingerprint density at radius 2 is 2.17 bits per heavy atom. The van der Waals surface area contributed by atoms with Crippen LogP contribution in [0.25, 0.3) is 5.65 Å². The minimum absolute atomic E-state index is 0.0532. The van der Waals surface area contributed by atoms with Gasteiger partial charge in [-0.1, -0.05) is 12.1 Å². The Morgan fingerprint density at radius 3 is 3.00 bits per heavy atom. The van der Waals surface area contributed by atoms with Gasteiger partial charge in [-0.2, -0.15) is 5.10 Å². The first kappa shape index (κ1) is 10.6. The highest BCUT2D eigenvalue weighted by Crippen LogP contribution is 2.14. The van der Waals surface area contributed by atoms with E-state index in [0.717, 1.165) is 11.4 Å². The fourth-order valence-corrected chi connectivity index (χ4v) is 1.94. The standard InChI is InChI=1S/C13H11N3O2/c17-10-3-1-2-9(6-10)7-12-14-15-13-8-11(18)4-5-16(12)13/h1-6,8,15,17H,7H2. The van der Waals surface area contributed by atoms with Gasteiger partial charge in [0.05, 0.1) is 0 Å². The molecule has 5 nitrogen and oxygen atoms in total. The van der Waals surface area contributed by atoms with E-state index in [2.05, 4.69) is 10.2 Å². The summed E-state index contributed by atoms with van der Waals surface area (Å²) in [6.07, 6.45) is 2.27. The summed E-state index contributed by atoms with van der Waals surface area (Å²) in [7, 11) is 0. The molecule has 1 aromatic carbocycles. The number of hydrogen-bond donors (Lipinski definition) is 2. The van der Waals surface area contributed by atoms with E-state index in [1.165, 1.54) is 12.1 Å². The van der Waals surface area contributed by atoms with Crippen LogP contribution in [0.1, 0.15) is 11.4 Å². The molecule has 2 aromatic heterocycles. The number of H-pyrrole nitrogens is 1.